The molecule has 1 aromatic carbocycles. The van der Waals surface area contributed by atoms with Crippen LogP contribution in [0.3, 0.4) is 0 Å². The van der Waals surface area contributed by atoms with Crippen LogP contribution in [-0.4, -0.2) is 41.9 Å². The lowest BCUT2D eigenvalue weighted by Crippen LogP contribution is -2.35. The van der Waals surface area contributed by atoms with E-state index in [1.165, 1.54) is 30.6 Å². The van der Waals surface area contributed by atoms with E-state index in [1.54, 1.807) is 28.6 Å². The fourth-order valence-corrected chi connectivity index (χ4v) is 6.77. The molecule has 1 amide bonds. The van der Waals surface area contributed by atoms with E-state index in [-0.39, 0.29) is 5.91 Å². The zero-order chi connectivity index (χ0) is 21.7. The molecule has 1 aliphatic carbocycles. The molecule has 2 fully saturated rings. The number of nitrogens with zero attached hydrogens (tertiary/aromatic N) is 3. The predicted molar refractivity (Wildman–Crippen MR) is 122 cm³/mol. The van der Waals surface area contributed by atoms with Gasteiger partial charge >= 0.3 is 0 Å². The van der Waals surface area contributed by atoms with Gasteiger partial charge in [-0.25, -0.2) is 8.42 Å². The summed E-state index contributed by atoms with van der Waals surface area (Å²) < 4.78 is 27.0. The summed E-state index contributed by atoms with van der Waals surface area (Å²) in [5.74, 6) is 0.382. The third kappa shape index (κ3) is 5.70. The van der Waals surface area contributed by atoms with Crippen LogP contribution < -0.4 is 5.32 Å². The van der Waals surface area contributed by atoms with Crippen LogP contribution in [0.15, 0.2) is 29.2 Å². The van der Waals surface area contributed by atoms with Crippen LogP contribution >= 0.6 is 11.3 Å². The van der Waals surface area contributed by atoms with Gasteiger partial charge in [0.1, 0.15) is 5.01 Å². The summed E-state index contributed by atoms with van der Waals surface area (Å²) in [4.78, 5) is 12.7. The quantitative estimate of drug-likeness (QED) is 0.661. The first-order valence-corrected chi connectivity index (χ1v) is 13.5. The van der Waals surface area contributed by atoms with Gasteiger partial charge in [-0.2, -0.15) is 4.31 Å². The Labute approximate surface area is 188 Å². The first-order chi connectivity index (χ1) is 15.0. The van der Waals surface area contributed by atoms with Crippen LogP contribution in [0.4, 0.5) is 5.13 Å². The summed E-state index contributed by atoms with van der Waals surface area (Å²) in [6.45, 7) is 1.19. The average Bonchev–Trinajstić information content (AvgIpc) is 3.27. The molecule has 2 aliphatic rings. The van der Waals surface area contributed by atoms with Crippen LogP contribution in [0.25, 0.3) is 0 Å². The minimum Gasteiger partial charge on any atom is -0.301 e. The number of carbonyl (C=O) groups is 1. The van der Waals surface area contributed by atoms with Crippen molar-refractivity contribution in [2.45, 2.75) is 75.0 Å². The summed E-state index contributed by atoms with van der Waals surface area (Å²) in [5, 5.41) is 12.9. The van der Waals surface area contributed by atoms with E-state index < -0.39 is 10.0 Å². The van der Waals surface area contributed by atoms with Gasteiger partial charge in [-0.3, -0.25) is 4.79 Å². The minimum atomic E-state index is -3.42. The second-order valence-corrected chi connectivity index (χ2v) is 11.4. The number of sulfonamides is 1. The number of hydrogen-bond acceptors (Lipinski definition) is 6. The molecular formula is C22H30N4O3S2. The lowest BCUT2D eigenvalue weighted by atomic mass is 9.90. The Morgan fingerprint density at radius 1 is 1.00 bits per heavy atom. The number of amides is 1. The molecule has 1 saturated heterocycles. The second kappa shape index (κ2) is 10.2. The summed E-state index contributed by atoms with van der Waals surface area (Å²) >= 11 is 1.48. The molecular weight excluding hydrogens is 432 g/mol. The van der Waals surface area contributed by atoms with Gasteiger partial charge in [0.05, 0.1) is 4.90 Å². The van der Waals surface area contributed by atoms with Crippen LogP contribution in [0.2, 0.25) is 0 Å². The second-order valence-electron chi connectivity index (χ2n) is 8.44. The van der Waals surface area contributed by atoms with E-state index >= 15 is 0 Å². The molecule has 0 bridgehead atoms. The van der Waals surface area contributed by atoms with Crippen LogP contribution in [0.5, 0.6) is 0 Å². The molecule has 168 valence electrons. The number of benzene rings is 1. The highest BCUT2D eigenvalue weighted by molar-refractivity contribution is 7.89. The monoisotopic (exact) mass is 462 g/mol. The lowest BCUT2D eigenvalue weighted by molar-refractivity contribution is -0.116. The highest BCUT2D eigenvalue weighted by Gasteiger charge is 2.25. The van der Waals surface area contributed by atoms with Crippen molar-refractivity contribution in [2.75, 3.05) is 18.4 Å². The van der Waals surface area contributed by atoms with Crippen molar-refractivity contribution in [1.82, 2.24) is 14.5 Å². The maximum atomic E-state index is 12.7. The zero-order valence-electron chi connectivity index (χ0n) is 17.8. The molecule has 31 heavy (non-hydrogen) atoms. The Morgan fingerprint density at radius 2 is 1.68 bits per heavy atom. The lowest BCUT2D eigenvalue weighted by Gasteiger charge is -2.25. The molecule has 1 aromatic heterocycles. The number of anilines is 1. The number of carbonyl (C=O) groups excluding carboxylic acids is 1. The van der Waals surface area contributed by atoms with Gasteiger partial charge in [-0.05, 0) is 49.8 Å². The molecule has 2 aromatic rings. The van der Waals surface area contributed by atoms with Gasteiger partial charge in [-0.15, -0.1) is 10.2 Å². The van der Waals surface area contributed by atoms with E-state index in [2.05, 4.69) is 15.5 Å². The van der Waals surface area contributed by atoms with E-state index in [0.717, 1.165) is 42.7 Å². The topological polar surface area (TPSA) is 92.3 Å². The number of hydrogen-bond donors (Lipinski definition) is 1. The minimum absolute atomic E-state index is 0.101. The Hall–Kier alpha value is -1.84. The Balaban J connectivity index is 1.28. The molecule has 1 N–H and O–H groups in total. The van der Waals surface area contributed by atoms with Crippen LogP contribution in [0, 0.1) is 0 Å². The maximum absolute atomic E-state index is 12.7. The number of rotatable bonds is 7. The summed E-state index contributed by atoms with van der Waals surface area (Å²) in [5.41, 5.74) is 0.938. The molecule has 9 heteroatoms. The smallest absolute Gasteiger partial charge is 0.243 e. The fourth-order valence-electron chi connectivity index (χ4n) is 4.32. The largest absolute Gasteiger partial charge is 0.301 e. The number of aromatic nitrogens is 2. The summed E-state index contributed by atoms with van der Waals surface area (Å²) in [7, 11) is -3.42. The van der Waals surface area contributed by atoms with Gasteiger partial charge in [0.2, 0.25) is 21.1 Å². The summed E-state index contributed by atoms with van der Waals surface area (Å²) in [6, 6.07) is 6.91. The number of piperidine rings is 1. The Kier molecular flexibility index (Phi) is 7.35. The molecule has 7 nitrogen and oxygen atoms in total. The zero-order valence-corrected chi connectivity index (χ0v) is 19.4. The van der Waals surface area contributed by atoms with Gasteiger partial charge in [-0.1, -0.05) is 49.2 Å². The first kappa shape index (κ1) is 22.4. The van der Waals surface area contributed by atoms with Crippen molar-refractivity contribution in [2.24, 2.45) is 0 Å². The van der Waals surface area contributed by atoms with Gasteiger partial charge in [0, 0.05) is 25.4 Å². The fraction of sp³-hybridized carbons (Fsp3) is 0.591. The average molecular weight is 463 g/mol. The van der Waals surface area contributed by atoms with Gasteiger partial charge in [0.25, 0.3) is 0 Å². The van der Waals surface area contributed by atoms with E-state index in [0.29, 0.717) is 41.9 Å². The van der Waals surface area contributed by atoms with Gasteiger partial charge in [0.15, 0.2) is 0 Å². The normalized spacial score (nSPS) is 18.7. The molecule has 0 spiro atoms. The molecule has 1 saturated carbocycles. The molecule has 1 aliphatic heterocycles. The van der Waals surface area contributed by atoms with Crippen molar-refractivity contribution in [1.29, 1.82) is 0 Å². The van der Waals surface area contributed by atoms with E-state index in [4.69, 9.17) is 0 Å². The van der Waals surface area contributed by atoms with Crippen LogP contribution in [-0.2, 0) is 21.2 Å². The summed E-state index contributed by atoms with van der Waals surface area (Å²) in [6.07, 6.45) is 9.88. The highest BCUT2D eigenvalue weighted by Crippen LogP contribution is 2.35. The van der Waals surface area contributed by atoms with Crippen molar-refractivity contribution in [3.63, 3.8) is 0 Å². The van der Waals surface area contributed by atoms with E-state index in [1.807, 2.05) is 0 Å². The van der Waals surface area contributed by atoms with E-state index in [9.17, 15) is 13.2 Å². The van der Waals surface area contributed by atoms with Crippen molar-refractivity contribution < 1.29 is 13.2 Å². The Morgan fingerprint density at radius 3 is 2.39 bits per heavy atom. The predicted octanol–water partition coefficient (Wildman–Crippen LogP) is 4.33. The third-order valence-electron chi connectivity index (χ3n) is 6.16. The first-order valence-electron chi connectivity index (χ1n) is 11.2. The van der Waals surface area contributed by atoms with Crippen LogP contribution in [0.1, 0.15) is 74.3 Å². The highest BCUT2D eigenvalue weighted by atomic mass is 32.2. The Bertz CT molecular complexity index is 976. The molecule has 0 unspecified atom stereocenters. The molecule has 4 rings (SSSR count). The number of aryl methyl sites for hydroxylation is 1. The molecule has 2 heterocycles. The maximum Gasteiger partial charge on any atom is 0.243 e. The van der Waals surface area contributed by atoms with Crippen molar-refractivity contribution >= 4 is 32.4 Å². The van der Waals surface area contributed by atoms with Gasteiger partial charge < -0.3 is 5.32 Å². The number of nitrogens with one attached hydrogen (secondary N) is 1. The standard InChI is InChI=1S/C22H30N4O3S2/c27-20(23-22-25-24-21(30-22)18-7-3-1-4-8-18)14-11-17-9-12-19(13-10-17)31(28,29)26-15-5-2-6-16-26/h9-10,12-13,18H,1-8,11,14-16H2,(H,23,25,27). The van der Waals surface area contributed by atoms with Crippen molar-refractivity contribution in [3.05, 3.63) is 34.8 Å². The molecule has 0 radical (unpaired) electrons. The third-order valence-corrected chi connectivity index (χ3v) is 9.07. The molecule has 0 atom stereocenters. The SMILES string of the molecule is O=C(CCc1ccc(S(=O)(=O)N2CCCCC2)cc1)Nc1nnc(C2CCCCC2)s1. The van der Waals surface area contributed by atoms with Crippen molar-refractivity contribution in [3.8, 4) is 0 Å².